The molecule has 0 amide bonds. The Morgan fingerprint density at radius 1 is 1.36 bits per heavy atom. The van der Waals surface area contributed by atoms with Crippen molar-refractivity contribution in [2.24, 2.45) is 0 Å². The van der Waals surface area contributed by atoms with E-state index >= 15 is 0 Å². The van der Waals surface area contributed by atoms with Crippen LogP contribution in [-0.4, -0.2) is 27.4 Å². The van der Waals surface area contributed by atoms with Gasteiger partial charge in [-0.3, -0.25) is 4.90 Å². The summed E-state index contributed by atoms with van der Waals surface area (Å²) >= 11 is 3.63. The molecule has 0 aliphatic heterocycles. The monoisotopic (exact) mass is 225 g/mol. The van der Waals surface area contributed by atoms with Crippen LogP contribution < -0.4 is 0 Å². The van der Waals surface area contributed by atoms with Crippen LogP contribution in [0.15, 0.2) is 0 Å². The summed E-state index contributed by atoms with van der Waals surface area (Å²) in [5, 5.41) is 0. The van der Waals surface area contributed by atoms with E-state index in [1.54, 1.807) is 0 Å². The van der Waals surface area contributed by atoms with Gasteiger partial charge in [0.15, 0.2) is 0 Å². The molecule has 0 aliphatic rings. The molecule has 0 atom stereocenters. The van der Waals surface area contributed by atoms with Crippen LogP contribution in [0, 0.1) is 0 Å². The van der Waals surface area contributed by atoms with Crippen LogP contribution >= 0.6 is 15.9 Å². The van der Waals surface area contributed by atoms with Crippen molar-refractivity contribution in [3.05, 3.63) is 0 Å². The normalized spacial score (nSPS) is 12.0. The molecule has 0 aromatic heterocycles. The van der Waals surface area contributed by atoms with Crippen LogP contribution in [-0.2, 0) is 0 Å². The first-order valence-corrected chi connectivity index (χ1v) is 4.64. The van der Waals surface area contributed by atoms with Crippen LogP contribution in [0.2, 0.25) is 0 Å². The highest BCUT2D eigenvalue weighted by Crippen LogP contribution is 2.23. The molecule has 0 saturated carbocycles. The highest BCUT2D eigenvalue weighted by Gasteiger charge is 2.23. The molecule has 2 nitrogen and oxygen atoms in total. The fourth-order valence-corrected chi connectivity index (χ4v) is 2.02. The van der Waals surface area contributed by atoms with Gasteiger partial charge in [0.1, 0.15) is 0 Å². The van der Waals surface area contributed by atoms with Crippen molar-refractivity contribution in [1.82, 2.24) is 4.90 Å². The second-order valence-corrected chi connectivity index (χ2v) is 5.23. The lowest BCUT2D eigenvalue weighted by Crippen LogP contribution is -2.43. The quantitative estimate of drug-likeness (QED) is 0.535. The average molecular weight is 226 g/mol. The summed E-state index contributed by atoms with van der Waals surface area (Å²) in [6.45, 7) is 12.1. The number of halogens is 1. The topological polar surface area (TPSA) is 34.7 Å². The minimum absolute atomic E-state index is 0. The maximum atomic E-state index is 3.63. The summed E-state index contributed by atoms with van der Waals surface area (Å²) in [7, 11) is 0. The Hall–Kier alpha value is 0.400. The van der Waals surface area contributed by atoms with Crippen LogP contribution in [0.3, 0.4) is 0 Å². The van der Waals surface area contributed by atoms with Crippen molar-refractivity contribution >= 4 is 15.9 Å². The summed E-state index contributed by atoms with van der Waals surface area (Å²) in [5.41, 5.74) is 0. The molecule has 0 radical (unpaired) electrons. The molecular weight excluding hydrogens is 206 g/mol. The number of rotatable bonds is 3. The van der Waals surface area contributed by atoms with Crippen molar-refractivity contribution in [3.8, 4) is 0 Å². The lowest BCUT2D eigenvalue weighted by molar-refractivity contribution is 0.166. The molecule has 0 fully saturated rings. The fraction of sp³-hybridized carbons (Fsp3) is 1.00. The molecule has 0 heterocycles. The van der Waals surface area contributed by atoms with E-state index in [2.05, 4.69) is 55.4 Å². The van der Waals surface area contributed by atoms with Crippen molar-refractivity contribution in [3.63, 3.8) is 0 Å². The smallest absolute Gasteiger partial charge is 0.0712 e. The van der Waals surface area contributed by atoms with Gasteiger partial charge in [-0.15, -0.1) is 0 Å². The third kappa shape index (κ3) is 4.77. The van der Waals surface area contributed by atoms with Gasteiger partial charge in [-0.1, -0.05) is 22.9 Å². The Morgan fingerprint density at radius 2 is 1.73 bits per heavy atom. The molecule has 3 heteroatoms. The summed E-state index contributed by atoms with van der Waals surface area (Å²) in [4.78, 5) is 2.40. The van der Waals surface area contributed by atoms with E-state index in [1.165, 1.54) is 0 Å². The molecule has 0 rings (SSSR count). The summed E-state index contributed by atoms with van der Waals surface area (Å²) in [6.07, 6.45) is 0. The first kappa shape index (κ1) is 14.0. The molecule has 0 aliphatic carbocycles. The Morgan fingerprint density at radius 3 is 1.73 bits per heavy atom. The molecule has 70 valence electrons. The molecule has 2 N–H and O–H groups in total. The highest BCUT2D eigenvalue weighted by molar-refractivity contribution is 9.10. The zero-order valence-corrected chi connectivity index (χ0v) is 9.70. The van der Waals surface area contributed by atoms with E-state index in [-0.39, 0.29) is 9.92 Å². The summed E-state index contributed by atoms with van der Waals surface area (Å²) < 4.78 is 0.135. The molecule has 0 aromatic carbocycles. The van der Waals surface area contributed by atoms with Gasteiger partial charge in [0.25, 0.3) is 0 Å². The van der Waals surface area contributed by atoms with Crippen LogP contribution in [0.4, 0.5) is 0 Å². The molecule has 0 spiro atoms. The van der Waals surface area contributed by atoms with Crippen molar-refractivity contribution in [2.75, 3.05) is 6.54 Å². The number of hydrogen-bond acceptors (Lipinski definition) is 1. The van der Waals surface area contributed by atoms with Crippen molar-refractivity contribution < 1.29 is 5.48 Å². The maximum Gasteiger partial charge on any atom is 0.0712 e. The average Bonchev–Trinajstić information content (AvgIpc) is 1.60. The third-order valence-corrected chi connectivity index (χ3v) is 2.10. The second kappa shape index (κ2) is 5.12. The Kier molecular flexibility index (Phi) is 6.49. The van der Waals surface area contributed by atoms with E-state index in [0.29, 0.717) is 6.04 Å². The molecule has 0 unspecified atom stereocenters. The molecule has 0 bridgehead atoms. The SMILES string of the molecule is CCN(C(C)C)C(C)(C)Br.O. The fourth-order valence-electron chi connectivity index (χ4n) is 1.36. The molecule has 11 heavy (non-hydrogen) atoms. The van der Waals surface area contributed by atoms with Gasteiger partial charge >= 0.3 is 0 Å². The Labute approximate surface area is 78.4 Å². The minimum atomic E-state index is 0. The molecule has 0 aromatic rings. The van der Waals surface area contributed by atoms with Gasteiger partial charge in [-0.2, -0.15) is 0 Å². The van der Waals surface area contributed by atoms with E-state index in [4.69, 9.17) is 0 Å². The lowest BCUT2D eigenvalue weighted by atomic mass is 10.2. The largest absolute Gasteiger partial charge is 0.412 e. The van der Waals surface area contributed by atoms with Crippen LogP contribution in [0.25, 0.3) is 0 Å². The van der Waals surface area contributed by atoms with Crippen LogP contribution in [0.1, 0.15) is 34.6 Å². The van der Waals surface area contributed by atoms with Gasteiger partial charge in [-0.05, 0) is 34.2 Å². The van der Waals surface area contributed by atoms with Crippen molar-refractivity contribution in [1.29, 1.82) is 0 Å². The summed E-state index contributed by atoms with van der Waals surface area (Å²) in [6, 6.07) is 0.611. The van der Waals surface area contributed by atoms with Gasteiger partial charge in [-0.25, -0.2) is 0 Å². The van der Waals surface area contributed by atoms with Gasteiger partial charge < -0.3 is 5.48 Å². The highest BCUT2D eigenvalue weighted by atomic mass is 79.9. The van der Waals surface area contributed by atoms with Crippen LogP contribution in [0.5, 0.6) is 0 Å². The van der Waals surface area contributed by atoms with Gasteiger partial charge in [0, 0.05) is 6.04 Å². The van der Waals surface area contributed by atoms with E-state index < -0.39 is 0 Å². The standard InChI is InChI=1S/C8H18BrN.H2O/c1-6-10(7(2)3)8(4,5)9;/h7H,6H2,1-5H3;1H2. The second-order valence-electron chi connectivity index (χ2n) is 3.29. The lowest BCUT2D eigenvalue weighted by Gasteiger charge is -2.36. The Bertz CT molecular complexity index is 98.8. The molecular formula is C8H20BrNO. The number of hydrogen-bond donors (Lipinski definition) is 0. The Balaban J connectivity index is 0. The predicted octanol–water partition coefficient (Wildman–Crippen LogP) is 2.02. The maximum absolute atomic E-state index is 3.63. The van der Waals surface area contributed by atoms with E-state index in [9.17, 15) is 0 Å². The van der Waals surface area contributed by atoms with E-state index in [0.717, 1.165) is 6.54 Å². The van der Waals surface area contributed by atoms with Gasteiger partial charge in [0.2, 0.25) is 0 Å². The summed E-state index contributed by atoms with van der Waals surface area (Å²) in [5.74, 6) is 0. The predicted molar refractivity (Wildman–Crippen MR) is 54.1 cm³/mol. The van der Waals surface area contributed by atoms with Gasteiger partial charge in [0.05, 0.1) is 4.45 Å². The molecule has 0 saturated heterocycles. The minimum Gasteiger partial charge on any atom is -0.412 e. The zero-order valence-electron chi connectivity index (χ0n) is 8.11. The first-order valence-electron chi connectivity index (χ1n) is 3.85. The zero-order chi connectivity index (χ0) is 8.36. The number of alkyl halides is 1. The first-order chi connectivity index (χ1) is 4.39. The third-order valence-electron chi connectivity index (χ3n) is 1.65. The van der Waals surface area contributed by atoms with E-state index in [1.807, 2.05) is 0 Å². The van der Waals surface area contributed by atoms with Crippen molar-refractivity contribution in [2.45, 2.75) is 45.1 Å². The number of nitrogens with zero attached hydrogens (tertiary/aromatic N) is 1.